The van der Waals surface area contributed by atoms with Crippen LogP contribution in [0.1, 0.15) is 25.7 Å². The number of benzene rings is 1. The van der Waals surface area contributed by atoms with Crippen molar-refractivity contribution in [2.24, 2.45) is 5.73 Å². The Hall–Kier alpha value is -1.51. The zero-order valence-corrected chi connectivity index (χ0v) is 15.7. The van der Waals surface area contributed by atoms with Crippen molar-refractivity contribution in [2.75, 3.05) is 32.1 Å². The molecule has 0 saturated carbocycles. The molecule has 0 saturated heterocycles. The van der Waals surface area contributed by atoms with E-state index in [2.05, 4.69) is 5.32 Å². The summed E-state index contributed by atoms with van der Waals surface area (Å²) in [4.78, 5) is 11.9. The molecule has 0 aromatic heterocycles. The zero-order valence-electron chi connectivity index (χ0n) is 14.0. The van der Waals surface area contributed by atoms with Crippen LogP contribution in [0.15, 0.2) is 23.1 Å². The number of sulfone groups is 1. The molecule has 1 aliphatic heterocycles. The number of carbonyl (C=O) groups is 1. The third-order valence-corrected chi connectivity index (χ3v) is 5.34. The van der Waals surface area contributed by atoms with Crippen LogP contribution in [0.2, 0.25) is 0 Å². The van der Waals surface area contributed by atoms with E-state index < -0.39 is 9.84 Å². The molecule has 0 spiro atoms. The molecular weight excluding hydrogens is 368 g/mol. The Labute approximate surface area is 154 Å². The second kappa shape index (κ2) is 10.5. The maximum Gasteiger partial charge on any atom is 0.221 e. The van der Waals surface area contributed by atoms with Crippen LogP contribution in [0, 0.1) is 0 Å². The van der Waals surface area contributed by atoms with E-state index >= 15 is 0 Å². The van der Waals surface area contributed by atoms with Crippen LogP contribution >= 0.6 is 12.4 Å². The molecular formula is C16H25ClN2O5S. The Kier molecular flexibility index (Phi) is 9.02. The van der Waals surface area contributed by atoms with Crippen molar-refractivity contribution in [2.45, 2.75) is 30.6 Å². The number of hydrogen-bond acceptors (Lipinski definition) is 6. The first-order valence-electron chi connectivity index (χ1n) is 8.12. The van der Waals surface area contributed by atoms with Crippen LogP contribution in [-0.2, 0) is 14.6 Å². The van der Waals surface area contributed by atoms with Gasteiger partial charge >= 0.3 is 0 Å². The molecule has 0 fully saturated rings. The van der Waals surface area contributed by atoms with Crippen molar-refractivity contribution in [1.29, 1.82) is 0 Å². The van der Waals surface area contributed by atoms with E-state index in [1.54, 1.807) is 6.07 Å². The Morgan fingerprint density at radius 1 is 1.16 bits per heavy atom. The van der Waals surface area contributed by atoms with E-state index in [1.165, 1.54) is 12.1 Å². The number of halogens is 1. The molecule has 9 heteroatoms. The van der Waals surface area contributed by atoms with E-state index in [0.29, 0.717) is 37.8 Å². The number of rotatable bonds is 8. The normalized spacial score (nSPS) is 13.5. The molecule has 0 atom stereocenters. The van der Waals surface area contributed by atoms with Crippen molar-refractivity contribution in [3.05, 3.63) is 18.2 Å². The molecule has 0 aliphatic carbocycles. The summed E-state index contributed by atoms with van der Waals surface area (Å²) in [7, 11) is -3.55. The maximum absolute atomic E-state index is 12.4. The van der Waals surface area contributed by atoms with Crippen molar-refractivity contribution < 1.29 is 22.7 Å². The van der Waals surface area contributed by atoms with Crippen LogP contribution in [0.25, 0.3) is 0 Å². The molecule has 142 valence electrons. The molecule has 25 heavy (non-hydrogen) atoms. The number of ether oxygens (including phenoxy) is 2. The molecule has 0 radical (unpaired) electrons. The van der Waals surface area contributed by atoms with Crippen molar-refractivity contribution in [1.82, 2.24) is 5.32 Å². The minimum absolute atomic E-state index is 0. The van der Waals surface area contributed by atoms with Crippen molar-refractivity contribution >= 4 is 28.2 Å². The van der Waals surface area contributed by atoms with Crippen molar-refractivity contribution in [3.63, 3.8) is 0 Å². The number of carbonyl (C=O) groups excluding carboxylic acids is 1. The van der Waals surface area contributed by atoms with Gasteiger partial charge in [-0.15, -0.1) is 12.4 Å². The highest BCUT2D eigenvalue weighted by Gasteiger charge is 2.20. The number of unbranched alkanes of at least 4 members (excludes halogenated alkanes) is 1. The van der Waals surface area contributed by atoms with E-state index in [-0.39, 0.29) is 35.4 Å². The highest BCUT2D eigenvalue weighted by Crippen LogP contribution is 2.32. The highest BCUT2D eigenvalue weighted by atomic mass is 35.5. The molecule has 1 aromatic carbocycles. The fraction of sp³-hybridized carbons (Fsp3) is 0.562. The first-order chi connectivity index (χ1) is 11.5. The molecule has 2 rings (SSSR count). The Morgan fingerprint density at radius 2 is 1.88 bits per heavy atom. The molecule has 0 unspecified atom stereocenters. The number of nitrogens with two attached hydrogens (primary N) is 1. The molecule has 0 bridgehead atoms. The van der Waals surface area contributed by atoms with Gasteiger partial charge in [-0.25, -0.2) is 8.42 Å². The van der Waals surface area contributed by atoms with Gasteiger partial charge in [0.1, 0.15) is 0 Å². The van der Waals surface area contributed by atoms with Gasteiger partial charge in [-0.2, -0.15) is 0 Å². The summed E-state index contributed by atoms with van der Waals surface area (Å²) in [5.41, 5.74) is 5.37. The number of hydrogen-bond donors (Lipinski definition) is 2. The van der Waals surface area contributed by atoms with Crippen molar-refractivity contribution in [3.8, 4) is 11.5 Å². The molecule has 3 N–H and O–H groups in total. The van der Waals surface area contributed by atoms with Gasteiger partial charge in [-0.1, -0.05) is 0 Å². The van der Waals surface area contributed by atoms with Gasteiger partial charge in [0.05, 0.1) is 23.9 Å². The minimum Gasteiger partial charge on any atom is -0.490 e. The lowest BCUT2D eigenvalue weighted by Crippen LogP contribution is -2.26. The number of nitrogens with one attached hydrogen (secondary N) is 1. The van der Waals surface area contributed by atoms with E-state index in [9.17, 15) is 13.2 Å². The first-order valence-corrected chi connectivity index (χ1v) is 9.77. The lowest BCUT2D eigenvalue weighted by molar-refractivity contribution is -0.120. The van der Waals surface area contributed by atoms with Crippen LogP contribution in [0.5, 0.6) is 11.5 Å². The van der Waals surface area contributed by atoms with Crippen LogP contribution in [0.3, 0.4) is 0 Å². The second-order valence-electron chi connectivity index (χ2n) is 5.57. The monoisotopic (exact) mass is 392 g/mol. The van der Waals surface area contributed by atoms with Gasteiger partial charge in [-0.3, -0.25) is 4.79 Å². The van der Waals surface area contributed by atoms with Gasteiger partial charge in [0, 0.05) is 25.5 Å². The smallest absolute Gasteiger partial charge is 0.221 e. The van der Waals surface area contributed by atoms with E-state index in [0.717, 1.165) is 19.3 Å². The minimum atomic E-state index is -3.55. The SMILES string of the molecule is Cl.NCCCCNC(=O)CCS(=O)(=O)c1ccc2c(c1)OCCCO2. The van der Waals surface area contributed by atoms with Gasteiger partial charge in [-0.05, 0) is 31.5 Å². The third-order valence-electron chi connectivity index (χ3n) is 3.63. The molecule has 7 nitrogen and oxygen atoms in total. The molecule has 1 heterocycles. The number of amides is 1. The highest BCUT2D eigenvalue weighted by molar-refractivity contribution is 7.91. The lowest BCUT2D eigenvalue weighted by Gasteiger charge is -2.10. The first kappa shape index (κ1) is 21.5. The summed E-state index contributed by atoms with van der Waals surface area (Å²) in [6.45, 7) is 2.12. The van der Waals surface area contributed by atoms with E-state index in [1.807, 2.05) is 0 Å². The molecule has 1 amide bonds. The fourth-order valence-corrected chi connectivity index (χ4v) is 3.52. The lowest BCUT2D eigenvalue weighted by atomic mass is 10.3. The predicted molar refractivity (Wildman–Crippen MR) is 97.3 cm³/mol. The van der Waals surface area contributed by atoms with Gasteiger partial charge in [0.25, 0.3) is 0 Å². The van der Waals surface area contributed by atoms with Gasteiger partial charge in [0.2, 0.25) is 5.91 Å². The summed E-state index contributed by atoms with van der Waals surface area (Å²) in [5.74, 6) is 0.462. The second-order valence-corrected chi connectivity index (χ2v) is 7.68. The quantitative estimate of drug-likeness (QED) is 0.645. The Balaban J connectivity index is 0.00000312. The summed E-state index contributed by atoms with van der Waals surface area (Å²) in [6.07, 6.45) is 2.30. The van der Waals surface area contributed by atoms with Crippen LogP contribution < -0.4 is 20.5 Å². The average Bonchev–Trinajstić information content (AvgIpc) is 2.81. The fourth-order valence-electron chi connectivity index (χ4n) is 2.27. The predicted octanol–water partition coefficient (Wildman–Crippen LogP) is 1.29. The molecule has 1 aliphatic rings. The standard InChI is InChI=1S/C16H24N2O5S.ClH/c17-7-1-2-8-18-16(19)6-11-24(20,21)13-4-5-14-15(12-13)23-10-3-9-22-14;/h4-5,12H,1-3,6-11,17H2,(H,18,19);1H. The van der Waals surface area contributed by atoms with Gasteiger partial charge in [0.15, 0.2) is 21.3 Å². The largest absolute Gasteiger partial charge is 0.490 e. The zero-order chi connectivity index (χ0) is 17.4. The average molecular weight is 393 g/mol. The number of fused-ring (bicyclic) bond motifs is 1. The van der Waals surface area contributed by atoms with E-state index in [4.69, 9.17) is 15.2 Å². The third kappa shape index (κ3) is 6.72. The van der Waals surface area contributed by atoms with Crippen LogP contribution in [0.4, 0.5) is 0 Å². The Bertz CT molecular complexity index is 666. The summed E-state index contributed by atoms with van der Waals surface area (Å²) < 4.78 is 35.8. The summed E-state index contributed by atoms with van der Waals surface area (Å²) >= 11 is 0. The van der Waals surface area contributed by atoms with Gasteiger partial charge < -0.3 is 20.5 Å². The summed E-state index contributed by atoms with van der Waals surface area (Å²) in [6, 6.07) is 4.55. The van der Waals surface area contributed by atoms with Crippen LogP contribution in [-0.4, -0.2) is 46.4 Å². The summed E-state index contributed by atoms with van der Waals surface area (Å²) in [5, 5.41) is 2.70. The maximum atomic E-state index is 12.4. The molecule has 1 aromatic rings. The Morgan fingerprint density at radius 3 is 2.60 bits per heavy atom. The topological polar surface area (TPSA) is 108 Å².